The third-order valence-corrected chi connectivity index (χ3v) is 2.00. The molecule has 0 unspecified atom stereocenters. The number of nitrogens with two attached hydrogens (primary N) is 1. The minimum absolute atomic E-state index is 0.167. The first-order valence-corrected chi connectivity index (χ1v) is 4.52. The predicted molar refractivity (Wildman–Crippen MR) is 58.3 cm³/mol. The maximum atomic E-state index is 10.8. The Kier molecular flexibility index (Phi) is 3.28. The maximum absolute atomic E-state index is 10.8. The van der Waals surface area contributed by atoms with Gasteiger partial charge < -0.3 is 16.2 Å². The minimum Gasteiger partial charge on any atom is -0.478 e. The topological polar surface area (TPSA) is 99.2 Å². The predicted octanol–water partition coefficient (Wildman–Crippen LogP) is 1.25. The van der Waals surface area contributed by atoms with Gasteiger partial charge in [0, 0.05) is 5.69 Å². The number of carboxylic acid groups (broad SMARTS) is 1. The summed E-state index contributed by atoms with van der Waals surface area (Å²) in [5, 5.41) is 18.5. The van der Waals surface area contributed by atoms with Crippen molar-refractivity contribution in [3.63, 3.8) is 0 Å². The molecule has 0 saturated heterocycles. The molecular formula is C10H13N3O2. The molecule has 0 aliphatic carbocycles. The molecule has 5 heteroatoms. The van der Waals surface area contributed by atoms with Crippen LogP contribution in [0, 0.1) is 5.41 Å². The number of guanidine groups is 1. The van der Waals surface area contributed by atoms with Gasteiger partial charge >= 0.3 is 5.97 Å². The molecule has 1 aromatic carbocycles. The van der Waals surface area contributed by atoms with Gasteiger partial charge in [-0.25, -0.2) is 4.79 Å². The Balaban J connectivity index is 3.07. The number of hydrogen-bond donors (Lipinski definition) is 4. The Morgan fingerprint density at radius 1 is 1.60 bits per heavy atom. The van der Waals surface area contributed by atoms with Gasteiger partial charge in [-0.1, -0.05) is 6.92 Å². The Hall–Kier alpha value is -2.04. The van der Waals surface area contributed by atoms with E-state index in [1.54, 1.807) is 12.1 Å². The lowest BCUT2D eigenvalue weighted by Crippen LogP contribution is -2.20. The van der Waals surface area contributed by atoms with Crippen molar-refractivity contribution < 1.29 is 9.90 Å². The van der Waals surface area contributed by atoms with E-state index >= 15 is 0 Å². The van der Waals surface area contributed by atoms with Crippen LogP contribution in [0.2, 0.25) is 0 Å². The lowest BCUT2D eigenvalue weighted by Gasteiger charge is -2.08. The van der Waals surface area contributed by atoms with Crippen LogP contribution in [0.1, 0.15) is 22.8 Å². The summed E-state index contributed by atoms with van der Waals surface area (Å²) in [5.74, 6) is -1.11. The summed E-state index contributed by atoms with van der Waals surface area (Å²) in [7, 11) is 0. The number of aryl methyl sites for hydroxylation is 1. The molecule has 0 heterocycles. The van der Waals surface area contributed by atoms with Gasteiger partial charge in [0.1, 0.15) is 0 Å². The molecule has 0 aliphatic rings. The Morgan fingerprint density at radius 3 is 2.73 bits per heavy atom. The van der Waals surface area contributed by atoms with Gasteiger partial charge in [-0.3, -0.25) is 5.41 Å². The number of anilines is 1. The molecule has 0 bridgehead atoms. The number of nitrogens with one attached hydrogen (secondary N) is 2. The quantitative estimate of drug-likeness (QED) is 0.442. The van der Waals surface area contributed by atoms with Gasteiger partial charge in [-0.15, -0.1) is 0 Å². The van der Waals surface area contributed by atoms with Crippen molar-refractivity contribution in [1.82, 2.24) is 0 Å². The van der Waals surface area contributed by atoms with E-state index < -0.39 is 5.97 Å². The van der Waals surface area contributed by atoms with Crippen molar-refractivity contribution in [2.75, 3.05) is 5.32 Å². The summed E-state index contributed by atoms with van der Waals surface area (Å²) in [6.07, 6.45) is 0.620. The molecule has 15 heavy (non-hydrogen) atoms. The molecule has 0 amide bonds. The minimum atomic E-state index is -0.943. The Morgan fingerprint density at radius 2 is 2.27 bits per heavy atom. The van der Waals surface area contributed by atoms with Gasteiger partial charge in [0.05, 0.1) is 5.56 Å². The molecule has 0 atom stereocenters. The second-order valence-corrected chi connectivity index (χ2v) is 3.07. The number of rotatable bonds is 3. The molecule has 80 valence electrons. The fraction of sp³-hybridized carbons (Fsp3) is 0.200. The zero-order valence-corrected chi connectivity index (χ0v) is 8.37. The molecular weight excluding hydrogens is 194 g/mol. The van der Waals surface area contributed by atoms with E-state index in [-0.39, 0.29) is 11.5 Å². The lowest BCUT2D eigenvalue weighted by molar-refractivity contribution is 0.0696. The highest BCUT2D eigenvalue weighted by molar-refractivity contribution is 5.93. The van der Waals surface area contributed by atoms with Crippen LogP contribution < -0.4 is 11.1 Å². The van der Waals surface area contributed by atoms with Crippen LogP contribution in [-0.4, -0.2) is 17.0 Å². The first kappa shape index (κ1) is 11.0. The van der Waals surface area contributed by atoms with Crippen LogP contribution in [0.4, 0.5) is 5.69 Å². The average molecular weight is 207 g/mol. The number of carboxylic acids is 1. The van der Waals surface area contributed by atoms with Crippen molar-refractivity contribution in [1.29, 1.82) is 5.41 Å². The second-order valence-electron chi connectivity index (χ2n) is 3.07. The number of benzene rings is 1. The van der Waals surface area contributed by atoms with E-state index in [4.69, 9.17) is 16.2 Å². The molecule has 0 aromatic heterocycles. The molecule has 0 fully saturated rings. The van der Waals surface area contributed by atoms with Gasteiger partial charge in [-0.2, -0.15) is 0 Å². The fourth-order valence-electron chi connectivity index (χ4n) is 1.33. The SMILES string of the molecule is CCc1cc(NC(=N)N)ccc1C(=O)O. The molecule has 5 N–H and O–H groups in total. The fourth-order valence-corrected chi connectivity index (χ4v) is 1.33. The van der Waals surface area contributed by atoms with E-state index in [1.807, 2.05) is 6.92 Å². The Labute approximate surface area is 87.4 Å². The molecule has 1 rings (SSSR count). The van der Waals surface area contributed by atoms with Crippen LogP contribution in [-0.2, 0) is 6.42 Å². The van der Waals surface area contributed by atoms with Gasteiger partial charge in [0.25, 0.3) is 0 Å². The van der Waals surface area contributed by atoms with Gasteiger partial charge in [0.15, 0.2) is 5.96 Å². The summed E-state index contributed by atoms with van der Waals surface area (Å²) in [5.41, 5.74) is 6.80. The summed E-state index contributed by atoms with van der Waals surface area (Å²) < 4.78 is 0. The van der Waals surface area contributed by atoms with Crippen LogP contribution in [0.25, 0.3) is 0 Å². The Bertz CT molecular complexity index is 402. The zero-order chi connectivity index (χ0) is 11.4. The zero-order valence-electron chi connectivity index (χ0n) is 8.37. The van der Waals surface area contributed by atoms with Crippen molar-refractivity contribution in [3.05, 3.63) is 29.3 Å². The summed E-state index contributed by atoms with van der Waals surface area (Å²) >= 11 is 0. The third kappa shape index (κ3) is 2.70. The molecule has 1 aromatic rings. The van der Waals surface area contributed by atoms with E-state index in [9.17, 15) is 4.79 Å². The smallest absolute Gasteiger partial charge is 0.335 e. The van der Waals surface area contributed by atoms with Crippen molar-refractivity contribution in [2.24, 2.45) is 5.73 Å². The molecule has 0 radical (unpaired) electrons. The van der Waals surface area contributed by atoms with Crippen LogP contribution in [0.15, 0.2) is 18.2 Å². The molecule has 0 spiro atoms. The van der Waals surface area contributed by atoms with Crippen molar-refractivity contribution in [2.45, 2.75) is 13.3 Å². The summed E-state index contributed by atoms with van der Waals surface area (Å²) in [4.78, 5) is 10.8. The highest BCUT2D eigenvalue weighted by Gasteiger charge is 2.09. The molecule has 0 aliphatic heterocycles. The van der Waals surface area contributed by atoms with Crippen LogP contribution in [0.5, 0.6) is 0 Å². The van der Waals surface area contributed by atoms with E-state index in [2.05, 4.69) is 5.32 Å². The maximum Gasteiger partial charge on any atom is 0.335 e. The van der Waals surface area contributed by atoms with E-state index in [0.29, 0.717) is 17.7 Å². The normalized spacial score (nSPS) is 9.67. The lowest BCUT2D eigenvalue weighted by atomic mass is 10.0. The van der Waals surface area contributed by atoms with Crippen molar-refractivity contribution >= 4 is 17.6 Å². The summed E-state index contributed by atoms with van der Waals surface area (Å²) in [6.45, 7) is 1.87. The van der Waals surface area contributed by atoms with Crippen LogP contribution >= 0.6 is 0 Å². The average Bonchev–Trinajstić information content (AvgIpc) is 2.16. The standard InChI is InChI=1S/C10H13N3O2/c1-2-6-5-7(13-10(11)12)3-4-8(6)9(14)15/h3-5H,2H2,1H3,(H,14,15)(H4,11,12,13). The number of aromatic carboxylic acids is 1. The molecule has 0 saturated carbocycles. The highest BCUT2D eigenvalue weighted by atomic mass is 16.4. The van der Waals surface area contributed by atoms with E-state index in [1.165, 1.54) is 6.07 Å². The van der Waals surface area contributed by atoms with Crippen molar-refractivity contribution in [3.8, 4) is 0 Å². The number of hydrogen-bond acceptors (Lipinski definition) is 2. The van der Waals surface area contributed by atoms with Crippen LogP contribution in [0.3, 0.4) is 0 Å². The number of carbonyl (C=O) groups is 1. The summed E-state index contributed by atoms with van der Waals surface area (Å²) in [6, 6.07) is 4.78. The largest absolute Gasteiger partial charge is 0.478 e. The van der Waals surface area contributed by atoms with E-state index in [0.717, 1.165) is 0 Å². The first-order valence-electron chi connectivity index (χ1n) is 4.52. The van der Waals surface area contributed by atoms with Gasteiger partial charge in [0.2, 0.25) is 0 Å². The highest BCUT2D eigenvalue weighted by Crippen LogP contribution is 2.16. The monoisotopic (exact) mass is 207 g/mol. The third-order valence-electron chi connectivity index (χ3n) is 2.00. The first-order chi connectivity index (χ1) is 7.04. The van der Waals surface area contributed by atoms with Gasteiger partial charge in [-0.05, 0) is 30.2 Å². The second kappa shape index (κ2) is 4.45. The molecule has 5 nitrogen and oxygen atoms in total.